The van der Waals surface area contributed by atoms with Crippen LogP contribution in [0.3, 0.4) is 0 Å². The summed E-state index contributed by atoms with van der Waals surface area (Å²) in [7, 11) is -2.87. The molecule has 1 heterocycles. The second-order valence-corrected chi connectivity index (χ2v) is 7.49. The molecule has 2 N–H and O–H groups in total. The molecule has 0 radical (unpaired) electrons. The summed E-state index contributed by atoms with van der Waals surface area (Å²) in [6.07, 6.45) is -4.83. The van der Waals surface area contributed by atoms with E-state index in [1.54, 1.807) is 6.92 Å². The van der Waals surface area contributed by atoms with Crippen LogP contribution in [0.4, 0.5) is 13.2 Å². The number of aryl methyl sites for hydroxylation is 1. The van der Waals surface area contributed by atoms with Crippen molar-refractivity contribution in [3.05, 3.63) is 23.8 Å². The molecule has 0 bridgehead atoms. The van der Waals surface area contributed by atoms with Crippen LogP contribution >= 0.6 is 0 Å². The number of rotatable bonds is 3. The van der Waals surface area contributed by atoms with Gasteiger partial charge in [0.2, 0.25) is 10.0 Å². The van der Waals surface area contributed by atoms with E-state index in [9.17, 15) is 21.6 Å². The van der Waals surface area contributed by atoms with E-state index < -0.39 is 28.3 Å². The first-order valence-corrected chi connectivity index (χ1v) is 8.50. The molecule has 0 aromatic heterocycles. The highest BCUT2D eigenvalue weighted by Gasteiger charge is 2.50. The lowest BCUT2D eigenvalue weighted by atomic mass is 10.0. The molecule has 9 heteroatoms. The number of hydrogen-bond donors (Lipinski definition) is 1. The van der Waals surface area contributed by atoms with Crippen LogP contribution in [-0.2, 0) is 10.0 Å². The number of hydrogen-bond acceptors (Lipinski definition) is 4. The van der Waals surface area contributed by atoms with Gasteiger partial charge in [0, 0.05) is 12.6 Å². The molecule has 0 aliphatic carbocycles. The van der Waals surface area contributed by atoms with Gasteiger partial charge in [0.15, 0.2) is 0 Å². The van der Waals surface area contributed by atoms with Gasteiger partial charge >= 0.3 is 6.18 Å². The fourth-order valence-corrected chi connectivity index (χ4v) is 4.49. The predicted molar refractivity (Wildman–Crippen MR) is 78.7 cm³/mol. The molecule has 1 fully saturated rings. The van der Waals surface area contributed by atoms with E-state index in [1.807, 2.05) is 0 Å². The molecule has 1 aliphatic rings. The Morgan fingerprint density at radius 2 is 1.96 bits per heavy atom. The fourth-order valence-electron chi connectivity index (χ4n) is 2.70. The molecule has 1 saturated heterocycles. The third kappa shape index (κ3) is 3.61. The number of nitrogens with zero attached hydrogens (tertiary/aromatic N) is 1. The topological polar surface area (TPSA) is 72.6 Å². The molecule has 2 rings (SSSR count). The van der Waals surface area contributed by atoms with Crippen molar-refractivity contribution >= 4 is 10.0 Å². The van der Waals surface area contributed by atoms with E-state index in [4.69, 9.17) is 10.5 Å². The van der Waals surface area contributed by atoms with Crippen LogP contribution in [0, 0.1) is 6.92 Å². The van der Waals surface area contributed by atoms with Gasteiger partial charge in [-0.1, -0.05) is 0 Å². The molecule has 1 aromatic rings. The minimum Gasteiger partial charge on any atom is -0.496 e. The number of alkyl halides is 3. The van der Waals surface area contributed by atoms with Crippen molar-refractivity contribution in [3.63, 3.8) is 0 Å². The standard InChI is InChI=1S/C14H19F3N2O3S/c1-9-7-11(4-5-12(9)22-2)23(20,21)19-8-10(18)3-6-13(19)14(15,16)17/h4-5,7,10,13H,3,6,8,18H2,1-2H3. The van der Waals surface area contributed by atoms with Gasteiger partial charge < -0.3 is 10.5 Å². The van der Waals surface area contributed by atoms with E-state index in [0.717, 1.165) is 0 Å². The van der Waals surface area contributed by atoms with Crippen LogP contribution in [-0.4, -0.2) is 44.6 Å². The predicted octanol–water partition coefficient (Wildman–Crippen LogP) is 2.05. The molecule has 1 aliphatic heterocycles. The lowest BCUT2D eigenvalue weighted by Gasteiger charge is -2.38. The molecule has 2 unspecified atom stereocenters. The number of piperidine rings is 1. The van der Waals surface area contributed by atoms with Crippen molar-refractivity contribution in [1.29, 1.82) is 0 Å². The number of ether oxygens (including phenoxy) is 1. The van der Waals surface area contributed by atoms with Crippen LogP contribution in [0.15, 0.2) is 23.1 Å². The number of nitrogens with two attached hydrogens (primary N) is 1. The first kappa shape index (κ1) is 18.0. The molecular weight excluding hydrogens is 333 g/mol. The Labute approximate surface area is 133 Å². The summed E-state index contributed by atoms with van der Waals surface area (Å²) in [5.41, 5.74) is 6.21. The first-order valence-electron chi connectivity index (χ1n) is 7.06. The Morgan fingerprint density at radius 3 is 2.48 bits per heavy atom. The quantitative estimate of drug-likeness (QED) is 0.904. The van der Waals surface area contributed by atoms with Crippen LogP contribution in [0.5, 0.6) is 5.75 Å². The summed E-state index contributed by atoms with van der Waals surface area (Å²) >= 11 is 0. The van der Waals surface area contributed by atoms with Crippen molar-refractivity contribution in [2.24, 2.45) is 5.73 Å². The van der Waals surface area contributed by atoms with Crippen molar-refractivity contribution in [1.82, 2.24) is 4.31 Å². The monoisotopic (exact) mass is 352 g/mol. The summed E-state index contributed by atoms with van der Waals surface area (Å²) in [5.74, 6) is 0.465. The van der Waals surface area contributed by atoms with Gasteiger partial charge in [-0.25, -0.2) is 8.42 Å². The average Bonchev–Trinajstić information content (AvgIpc) is 2.45. The van der Waals surface area contributed by atoms with E-state index in [0.29, 0.717) is 15.6 Å². The Balaban J connectivity index is 2.44. The maximum absolute atomic E-state index is 13.2. The van der Waals surface area contributed by atoms with Crippen molar-refractivity contribution in [3.8, 4) is 5.75 Å². The SMILES string of the molecule is COc1ccc(S(=O)(=O)N2CC(N)CCC2C(F)(F)F)cc1C. The number of sulfonamides is 1. The van der Waals surface area contributed by atoms with Gasteiger partial charge in [-0.15, -0.1) is 0 Å². The third-order valence-corrected chi connectivity index (χ3v) is 5.79. The molecule has 1 aromatic carbocycles. The lowest BCUT2D eigenvalue weighted by Crippen LogP contribution is -2.56. The third-order valence-electron chi connectivity index (χ3n) is 3.92. The Hall–Kier alpha value is -1.32. The molecular formula is C14H19F3N2O3S. The molecule has 2 atom stereocenters. The van der Waals surface area contributed by atoms with Gasteiger partial charge in [0.05, 0.1) is 12.0 Å². The Kier molecular flexibility index (Phi) is 4.93. The Morgan fingerprint density at radius 1 is 1.30 bits per heavy atom. The molecule has 5 nitrogen and oxygen atoms in total. The van der Waals surface area contributed by atoms with Crippen LogP contribution in [0.25, 0.3) is 0 Å². The van der Waals surface area contributed by atoms with Gasteiger partial charge in [0.1, 0.15) is 11.8 Å². The fraction of sp³-hybridized carbons (Fsp3) is 0.571. The van der Waals surface area contributed by atoms with E-state index in [1.165, 1.54) is 25.3 Å². The minimum absolute atomic E-state index is 0.137. The summed E-state index contributed by atoms with van der Waals surface area (Å²) in [5, 5.41) is 0. The van der Waals surface area contributed by atoms with Crippen LogP contribution in [0.2, 0.25) is 0 Å². The maximum Gasteiger partial charge on any atom is 0.405 e. The summed E-state index contributed by atoms with van der Waals surface area (Å²) in [4.78, 5) is -0.195. The highest BCUT2D eigenvalue weighted by molar-refractivity contribution is 7.89. The number of methoxy groups -OCH3 is 1. The maximum atomic E-state index is 13.2. The molecule has 0 spiro atoms. The zero-order valence-electron chi connectivity index (χ0n) is 12.8. The average molecular weight is 352 g/mol. The summed E-state index contributed by atoms with van der Waals surface area (Å²) in [6.45, 7) is 1.28. The lowest BCUT2D eigenvalue weighted by molar-refractivity contribution is -0.178. The van der Waals surface area contributed by atoms with Gasteiger partial charge in [-0.05, 0) is 43.5 Å². The number of benzene rings is 1. The molecule has 0 saturated carbocycles. The Bertz CT molecular complexity index is 676. The smallest absolute Gasteiger partial charge is 0.405 e. The van der Waals surface area contributed by atoms with Crippen molar-refractivity contribution in [2.45, 2.75) is 42.9 Å². The van der Waals surface area contributed by atoms with Gasteiger partial charge in [-0.2, -0.15) is 17.5 Å². The second-order valence-electron chi connectivity index (χ2n) is 5.60. The minimum atomic E-state index is -4.63. The molecule has 0 amide bonds. The normalized spacial score (nSPS) is 23.7. The van der Waals surface area contributed by atoms with E-state index in [-0.39, 0.29) is 24.3 Å². The van der Waals surface area contributed by atoms with E-state index in [2.05, 4.69) is 0 Å². The highest BCUT2D eigenvalue weighted by Crippen LogP contribution is 2.35. The zero-order valence-corrected chi connectivity index (χ0v) is 13.6. The zero-order chi connectivity index (χ0) is 17.4. The van der Waals surface area contributed by atoms with Crippen molar-refractivity contribution in [2.75, 3.05) is 13.7 Å². The van der Waals surface area contributed by atoms with Crippen LogP contribution < -0.4 is 10.5 Å². The molecule has 130 valence electrons. The second kappa shape index (κ2) is 6.29. The molecule has 23 heavy (non-hydrogen) atoms. The van der Waals surface area contributed by atoms with Gasteiger partial charge in [-0.3, -0.25) is 0 Å². The van der Waals surface area contributed by atoms with Gasteiger partial charge in [0.25, 0.3) is 0 Å². The van der Waals surface area contributed by atoms with Crippen molar-refractivity contribution < 1.29 is 26.3 Å². The van der Waals surface area contributed by atoms with E-state index >= 15 is 0 Å². The first-order chi connectivity index (χ1) is 10.6. The summed E-state index contributed by atoms with van der Waals surface area (Å²) < 4.78 is 70.4. The largest absolute Gasteiger partial charge is 0.496 e. The van der Waals surface area contributed by atoms with Crippen LogP contribution in [0.1, 0.15) is 18.4 Å². The number of halogens is 3. The summed E-state index contributed by atoms with van der Waals surface area (Å²) in [6, 6.07) is 1.32. The highest BCUT2D eigenvalue weighted by atomic mass is 32.2.